The number of ether oxygens (including phenoxy) is 1. The van der Waals surface area contributed by atoms with Crippen molar-refractivity contribution in [3.8, 4) is 5.75 Å². The predicted octanol–water partition coefficient (Wildman–Crippen LogP) is 0.678. The van der Waals surface area contributed by atoms with Gasteiger partial charge in [-0.1, -0.05) is 0 Å². The van der Waals surface area contributed by atoms with E-state index >= 15 is 0 Å². The van der Waals surface area contributed by atoms with Crippen LogP contribution >= 0.6 is 0 Å². The third-order valence-electron chi connectivity index (χ3n) is 3.47. The molecule has 0 saturated carbocycles. The summed E-state index contributed by atoms with van der Waals surface area (Å²) in [6.45, 7) is 7.27. The van der Waals surface area contributed by atoms with Gasteiger partial charge in [-0.05, 0) is 20.0 Å². The molecule has 5 nitrogen and oxygen atoms in total. The van der Waals surface area contributed by atoms with Crippen LogP contribution in [0.25, 0.3) is 0 Å². The molecule has 1 aromatic rings. The van der Waals surface area contributed by atoms with Crippen LogP contribution in [0.15, 0.2) is 18.3 Å². The fourth-order valence-corrected chi connectivity index (χ4v) is 2.14. The second-order valence-electron chi connectivity index (χ2n) is 4.90. The molecule has 0 spiro atoms. The largest absolute Gasteiger partial charge is 0.492 e. The molecule has 0 radical (unpaired) electrons. The first kappa shape index (κ1) is 13.1. The molecular formula is C13H22N4O. The molecule has 2 N–H and O–H groups in total. The summed E-state index contributed by atoms with van der Waals surface area (Å²) in [5, 5.41) is 0. The Hall–Kier alpha value is -1.33. The van der Waals surface area contributed by atoms with Gasteiger partial charge in [-0.25, -0.2) is 4.98 Å². The number of rotatable bonds is 4. The minimum Gasteiger partial charge on any atom is -0.492 e. The summed E-state index contributed by atoms with van der Waals surface area (Å²) < 4.78 is 5.68. The Morgan fingerprint density at radius 3 is 3.06 bits per heavy atom. The molecule has 5 heteroatoms. The summed E-state index contributed by atoms with van der Waals surface area (Å²) in [6, 6.07) is 4.21. The second kappa shape index (κ2) is 6.02. The van der Waals surface area contributed by atoms with Crippen LogP contribution in [0, 0.1) is 0 Å². The van der Waals surface area contributed by atoms with E-state index in [1.807, 2.05) is 6.07 Å². The van der Waals surface area contributed by atoms with Crippen LogP contribution in [0.2, 0.25) is 0 Å². The number of nitrogen functional groups attached to an aromatic ring is 1. The van der Waals surface area contributed by atoms with Gasteiger partial charge in [-0.15, -0.1) is 0 Å². The highest BCUT2D eigenvalue weighted by Gasteiger charge is 2.19. The molecule has 2 heterocycles. The van der Waals surface area contributed by atoms with E-state index in [9.17, 15) is 0 Å². The number of nitrogens with two attached hydrogens (primary N) is 1. The van der Waals surface area contributed by atoms with Crippen LogP contribution in [0.5, 0.6) is 5.75 Å². The highest BCUT2D eigenvalue weighted by atomic mass is 16.5. The summed E-state index contributed by atoms with van der Waals surface area (Å²) in [5.74, 6) is 1.30. The van der Waals surface area contributed by atoms with Gasteiger partial charge in [0.1, 0.15) is 18.2 Å². The Morgan fingerprint density at radius 1 is 1.50 bits per heavy atom. The molecule has 1 aromatic heterocycles. The van der Waals surface area contributed by atoms with Crippen molar-refractivity contribution in [3.63, 3.8) is 0 Å². The zero-order chi connectivity index (χ0) is 13.0. The van der Waals surface area contributed by atoms with Gasteiger partial charge in [0.25, 0.3) is 0 Å². The predicted molar refractivity (Wildman–Crippen MR) is 72.7 cm³/mol. The summed E-state index contributed by atoms with van der Waals surface area (Å²) in [7, 11) is 2.18. The van der Waals surface area contributed by atoms with Gasteiger partial charge < -0.3 is 15.4 Å². The molecule has 0 amide bonds. The maximum absolute atomic E-state index is 5.68. The molecule has 1 atom stereocenters. The van der Waals surface area contributed by atoms with Gasteiger partial charge in [-0.3, -0.25) is 4.90 Å². The third kappa shape index (κ3) is 3.58. The van der Waals surface area contributed by atoms with E-state index in [0.717, 1.165) is 31.9 Å². The highest BCUT2D eigenvalue weighted by Crippen LogP contribution is 2.12. The average Bonchev–Trinajstić information content (AvgIpc) is 2.34. The monoisotopic (exact) mass is 250 g/mol. The SMILES string of the molecule is C[C@H]1CN(CCOc2ccnc(N)c2)CCN1C. The van der Waals surface area contributed by atoms with Crippen molar-refractivity contribution in [2.45, 2.75) is 13.0 Å². The highest BCUT2D eigenvalue weighted by molar-refractivity contribution is 5.35. The Bertz CT molecular complexity index is 385. The summed E-state index contributed by atoms with van der Waals surface area (Å²) >= 11 is 0. The van der Waals surface area contributed by atoms with Gasteiger partial charge in [0.2, 0.25) is 0 Å². The van der Waals surface area contributed by atoms with Crippen LogP contribution in [0.1, 0.15) is 6.92 Å². The van der Waals surface area contributed by atoms with Crippen molar-refractivity contribution < 1.29 is 4.74 Å². The van der Waals surface area contributed by atoms with Crippen molar-refractivity contribution in [2.24, 2.45) is 0 Å². The molecule has 1 aliphatic heterocycles. The molecule has 2 rings (SSSR count). The normalized spacial score (nSPS) is 22.0. The number of nitrogens with zero attached hydrogens (tertiary/aromatic N) is 3. The Labute approximate surface area is 109 Å². The Balaban J connectivity index is 1.72. The molecule has 0 bridgehead atoms. The number of piperazine rings is 1. The average molecular weight is 250 g/mol. The molecule has 18 heavy (non-hydrogen) atoms. The molecule has 1 saturated heterocycles. The van der Waals surface area contributed by atoms with Gasteiger partial charge in [0, 0.05) is 44.5 Å². The number of likely N-dealkylation sites (N-methyl/N-ethyl adjacent to an activating group) is 1. The van der Waals surface area contributed by atoms with Crippen LogP contribution < -0.4 is 10.5 Å². The molecular weight excluding hydrogens is 228 g/mol. The first-order valence-electron chi connectivity index (χ1n) is 6.42. The fraction of sp³-hybridized carbons (Fsp3) is 0.615. The van der Waals surface area contributed by atoms with Crippen molar-refractivity contribution in [3.05, 3.63) is 18.3 Å². The Morgan fingerprint density at radius 2 is 2.33 bits per heavy atom. The molecule has 0 unspecified atom stereocenters. The van der Waals surface area contributed by atoms with Crippen LogP contribution in [0.3, 0.4) is 0 Å². The first-order chi connectivity index (χ1) is 8.65. The van der Waals surface area contributed by atoms with Gasteiger partial charge >= 0.3 is 0 Å². The lowest BCUT2D eigenvalue weighted by Crippen LogP contribution is -2.50. The van der Waals surface area contributed by atoms with E-state index in [2.05, 4.69) is 28.8 Å². The van der Waals surface area contributed by atoms with Crippen LogP contribution in [-0.2, 0) is 0 Å². The lowest BCUT2D eigenvalue weighted by molar-refractivity contribution is 0.0928. The molecule has 0 aromatic carbocycles. The lowest BCUT2D eigenvalue weighted by atomic mass is 10.2. The zero-order valence-electron chi connectivity index (χ0n) is 11.2. The number of hydrogen-bond donors (Lipinski definition) is 1. The fourth-order valence-electron chi connectivity index (χ4n) is 2.14. The van der Waals surface area contributed by atoms with Crippen molar-refractivity contribution >= 4 is 5.82 Å². The minimum absolute atomic E-state index is 0.501. The van der Waals surface area contributed by atoms with Gasteiger partial charge in [0.05, 0.1) is 0 Å². The van der Waals surface area contributed by atoms with Crippen LogP contribution in [0.4, 0.5) is 5.82 Å². The maximum Gasteiger partial charge on any atom is 0.126 e. The molecule has 1 fully saturated rings. The molecule has 100 valence electrons. The summed E-state index contributed by atoms with van der Waals surface area (Å²) in [6.07, 6.45) is 1.67. The van der Waals surface area contributed by atoms with Gasteiger partial charge in [0.15, 0.2) is 0 Å². The van der Waals surface area contributed by atoms with Crippen molar-refractivity contribution in [2.75, 3.05) is 45.6 Å². The molecule has 0 aliphatic carbocycles. The number of aromatic nitrogens is 1. The van der Waals surface area contributed by atoms with E-state index in [4.69, 9.17) is 10.5 Å². The maximum atomic E-state index is 5.68. The van der Waals surface area contributed by atoms with E-state index in [1.54, 1.807) is 12.3 Å². The van der Waals surface area contributed by atoms with E-state index < -0.39 is 0 Å². The number of anilines is 1. The Kier molecular flexibility index (Phi) is 4.38. The third-order valence-corrected chi connectivity index (χ3v) is 3.47. The number of pyridine rings is 1. The quantitative estimate of drug-likeness (QED) is 0.851. The second-order valence-corrected chi connectivity index (χ2v) is 4.90. The smallest absolute Gasteiger partial charge is 0.126 e. The summed E-state index contributed by atoms with van der Waals surface area (Å²) in [4.78, 5) is 8.77. The standard InChI is InChI=1S/C13H22N4O/c1-11-10-17(6-5-16(11)2)7-8-18-12-3-4-15-13(14)9-12/h3-4,9,11H,5-8,10H2,1-2H3,(H2,14,15)/t11-/m0/s1. The first-order valence-corrected chi connectivity index (χ1v) is 6.42. The molecule has 1 aliphatic rings. The van der Waals surface area contributed by atoms with Crippen LogP contribution in [-0.4, -0.2) is 60.7 Å². The summed E-state index contributed by atoms with van der Waals surface area (Å²) in [5.41, 5.74) is 5.60. The minimum atomic E-state index is 0.501. The van der Waals surface area contributed by atoms with Crippen molar-refractivity contribution in [1.29, 1.82) is 0 Å². The zero-order valence-corrected chi connectivity index (χ0v) is 11.2. The number of hydrogen-bond acceptors (Lipinski definition) is 5. The van der Waals surface area contributed by atoms with E-state index in [-0.39, 0.29) is 0 Å². The van der Waals surface area contributed by atoms with Gasteiger partial charge in [-0.2, -0.15) is 0 Å². The van der Waals surface area contributed by atoms with Crippen molar-refractivity contribution in [1.82, 2.24) is 14.8 Å². The van der Waals surface area contributed by atoms with E-state index in [0.29, 0.717) is 18.5 Å². The van der Waals surface area contributed by atoms with E-state index in [1.165, 1.54) is 0 Å². The lowest BCUT2D eigenvalue weighted by Gasteiger charge is -2.37. The topological polar surface area (TPSA) is 54.6 Å².